The van der Waals surface area contributed by atoms with Gasteiger partial charge in [0.1, 0.15) is 0 Å². The molecule has 5 heteroatoms. The van der Waals surface area contributed by atoms with E-state index in [2.05, 4.69) is 10.0 Å². The first kappa shape index (κ1) is 7.97. The van der Waals surface area contributed by atoms with Gasteiger partial charge in [0, 0.05) is 6.54 Å². The van der Waals surface area contributed by atoms with Gasteiger partial charge in [-0.15, -0.1) is 0 Å². The second-order valence-corrected chi connectivity index (χ2v) is 4.53. The number of hydrogen-bond donors (Lipinski definition) is 2. The molecule has 0 aliphatic carbocycles. The van der Waals surface area contributed by atoms with Crippen LogP contribution in [0.5, 0.6) is 0 Å². The molecule has 0 aromatic rings. The quantitative estimate of drug-likeness (QED) is 0.544. The van der Waals surface area contributed by atoms with Gasteiger partial charge < -0.3 is 5.32 Å². The van der Waals surface area contributed by atoms with Crippen LogP contribution in [0.25, 0.3) is 0 Å². The smallest absolute Gasteiger partial charge is 0.215 e. The normalized spacial score (nSPS) is 27.1. The van der Waals surface area contributed by atoms with Crippen LogP contribution in [-0.2, 0) is 10.0 Å². The summed E-state index contributed by atoms with van der Waals surface area (Å²) in [4.78, 5) is 0. The second kappa shape index (κ2) is 2.86. The molecule has 1 atom stereocenters. The Hall–Kier alpha value is -0.130. The molecule has 4 nitrogen and oxygen atoms in total. The SMILES string of the molecule is CNS(=O)(=O)C1CCNC1. The lowest BCUT2D eigenvalue weighted by molar-refractivity contribution is 0.574. The monoisotopic (exact) mass is 164 g/mol. The topological polar surface area (TPSA) is 58.2 Å². The number of hydrogen-bond acceptors (Lipinski definition) is 3. The lowest BCUT2D eigenvalue weighted by atomic mass is 10.4. The fourth-order valence-electron chi connectivity index (χ4n) is 1.06. The Kier molecular flexibility index (Phi) is 2.28. The summed E-state index contributed by atoms with van der Waals surface area (Å²) in [6, 6.07) is 0. The minimum absolute atomic E-state index is 0.225. The van der Waals surface area contributed by atoms with Gasteiger partial charge in [-0.05, 0) is 20.0 Å². The Morgan fingerprint density at radius 1 is 1.60 bits per heavy atom. The zero-order valence-electron chi connectivity index (χ0n) is 5.92. The summed E-state index contributed by atoms with van der Waals surface area (Å²) in [5, 5.41) is 2.77. The van der Waals surface area contributed by atoms with E-state index in [0.29, 0.717) is 6.54 Å². The third-order valence-electron chi connectivity index (χ3n) is 1.74. The van der Waals surface area contributed by atoms with Crippen LogP contribution in [0.3, 0.4) is 0 Å². The van der Waals surface area contributed by atoms with Gasteiger partial charge in [-0.2, -0.15) is 0 Å². The molecule has 60 valence electrons. The van der Waals surface area contributed by atoms with E-state index in [9.17, 15) is 8.42 Å². The standard InChI is InChI=1S/C5H12N2O2S/c1-6-10(8,9)5-2-3-7-4-5/h5-7H,2-4H2,1H3. The Bertz CT molecular complexity index is 194. The fourth-order valence-corrected chi connectivity index (χ4v) is 2.16. The molecule has 0 aromatic heterocycles. The van der Waals surface area contributed by atoms with Crippen LogP contribution in [0.2, 0.25) is 0 Å². The molecule has 1 aliphatic heterocycles. The summed E-state index contributed by atoms with van der Waals surface area (Å²) < 4.78 is 24.4. The Balaban J connectivity index is 2.63. The van der Waals surface area contributed by atoms with Crippen LogP contribution < -0.4 is 10.0 Å². The van der Waals surface area contributed by atoms with Crippen molar-refractivity contribution in [2.45, 2.75) is 11.7 Å². The van der Waals surface area contributed by atoms with Crippen molar-refractivity contribution in [3.63, 3.8) is 0 Å². The van der Waals surface area contributed by atoms with Crippen LogP contribution >= 0.6 is 0 Å². The summed E-state index contributed by atoms with van der Waals surface area (Å²) >= 11 is 0. The van der Waals surface area contributed by atoms with E-state index in [1.54, 1.807) is 0 Å². The van der Waals surface area contributed by atoms with Crippen LogP contribution in [0, 0.1) is 0 Å². The summed E-state index contributed by atoms with van der Waals surface area (Å²) in [5.41, 5.74) is 0. The molecule has 1 fully saturated rings. The fraction of sp³-hybridized carbons (Fsp3) is 1.00. The highest BCUT2D eigenvalue weighted by molar-refractivity contribution is 7.90. The van der Waals surface area contributed by atoms with Crippen LogP contribution in [0.1, 0.15) is 6.42 Å². The Morgan fingerprint density at radius 3 is 2.70 bits per heavy atom. The lowest BCUT2D eigenvalue weighted by Crippen LogP contribution is -2.33. The van der Waals surface area contributed by atoms with E-state index in [4.69, 9.17) is 0 Å². The molecule has 1 rings (SSSR count). The third-order valence-corrected chi connectivity index (χ3v) is 3.59. The molecular formula is C5H12N2O2S. The van der Waals surface area contributed by atoms with Gasteiger partial charge in [0.25, 0.3) is 0 Å². The van der Waals surface area contributed by atoms with Gasteiger partial charge in [-0.25, -0.2) is 13.1 Å². The van der Waals surface area contributed by atoms with Crippen molar-refractivity contribution in [2.24, 2.45) is 0 Å². The predicted octanol–water partition coefficient (Wildman–Crippen LogP) is -1.10. The minimum atomic E-state index is -3.01. The maximum Gasteiger partial charge on any atom is 0.215 e. The molecule has 1 aliphatic rings. The summed E-state index contributed by atoms with van der Waals surface area (Å²) in [6.07, 6.45) is 0.725. The van der Waals surface area contributed by atoms with Gasteiger partial charge in [-0.3, -0.25) is 0 Å². The van der Waals surface area contributed by atoms with Gasteiger partial charge in [0.15, 0.2) is 0 Å². The van der Waals surface area contributed by atoms with E-state index in [0.717, 1.165) is 13.0 Å². The molecule has 0 aromatic carbocycles. The lowest BCUT2D eigenvalue weighted by Gasteiger charge is -2.07. The maximum atomic E-state index is 11.1. The van der Waals surface area contributed by atoms with Crippen LogP contribution in [-0.4, -0.2) is 33.8 Å². The van der Waals surface area contributed by atoms with E-state index in [1.165, 1.54) is 7.05 Å². The third kappa shape index (κ3) is 1.47. The van der Waals surface area contributed by atoms with Crippen LogP contribution in [0.15, 0.2) is 0 Å². The van der Waals surface area contributed by atoms with Gasteiger partial charge >= 0.3 is 0 Å². The highest BCUT2D eigenvalue weighted by atomic mass is 32.2. The highest BCUT2D eigenvalue weighted by Gasteiger charge is 2.26. The summed E-state index contributed by atoms with van der Waals surface area (Å²) in [5.74, 6) is 0. The van der Waals surface area contributed by atoms with Gasteiger partial charge in [0.2, 0.25) is 10.0 Å². The first-order valence-corrected chi connectivity index (χ1v) is 4.84. The zero-order valence-corrected chi connectivity index (χ0v) is 6.74. The average Bonchev–Trinajstić information content (AvgIpc) is 2.38. The number of nitrogens with one attached hydrogen (secondary N) is 2. The minimum Gasteiger partial charge on any atom is -0.315 e. The highest BCUT2D eigenvalue weighted by Crippen LogP contribution is 2.06. The van der Waals surface area contributed by atoms with Crippen molar-refractivity contribution < 1.29 is 8.42 Å². The molecule has 1 saturated heterocycles. The van der Waals surface area contributed by atoms with Crippen molar-refractivity contribution in [1.29, 1.82) is 0 Å². The van der Waals surface area contributed by atoms with E-state index < -0.39 is 10.0 Å². The van der Waals surface area contributed by atoms with E-state index >= 15 is 0 Å². The first-order valence-electron chi connectivity index (χ1n) is 3.30. The molecule has 0 saturated carbocycles. The predicted molar refractivity (Wildman–Crippen MR) is 39.3 cm³/mol. The van der Waals surface area contributed by atoms with Crippen molar-refractivity contribution in [1.82, 2.24) is 10.0 Å². The Morgan fingerprint density at radius 2 is 2.30 bits per heavy atom. The number of rotatable bonds is 2. The second-order valence-electron chi connectivity index (χ2n) is 2.36. The largest absolute Gasteiger partial charge is 0.315 e. The summed E-state index contributed by atoms with van der Waals surface area (Å²) in [7, 11) is -1.56. The molecule has 0 spiro atoms. The average molecular weight is 164 g/mol. The van der Waals surface area contributed by atoms with Crippen molar-refractivity contribution in [2.75, 3.05) is 20.1 Å². The molecule has 1 heterocycles. The number of sulfonamides is 1. The molecule has 1 unspecified atom stereocenters. The van der Waals surface area contributed by atoms with Gasteiger partial charge in [0.05, 0.1) is 5.25 Å². The van der Waals surface area contributed by atoms with Crippen molar-refractivity contribution >= 4 is 10.0 Å². The molecular weight excluding hydrogens is 152 g/mol. The van der Waals surface area contributed by atoms with Crippen molar-refractivity contribution in [3.05, 3.63) is 0 Å². The molecule has 10 heavy (non-hydrogen) atoms. The Labute approximate surface area is 61.1 Å². The zero-order chi connectivity index (χ0) is 7.61. The van der Waals surface area contributed by atoms with Crippen molar-refractivity contribution in [3.8, 4) is 0 Å². The summed E-state index contributed by atoms with van der Waals surface area (Å²) in [6.45, 7) is 1.40. The molecule has 0 bridgehead atoms. The van der Waals surface area contributed by atoms with E-state index in [1.807, 2.05) is 0 Å². The van der Waals surface area contributed by atoms with E-state index in [-0.39, 0.29) is 5.25 Å². The van der Waals surface area contributed by atoms with Crippen LogP contribution in [0.4, 0.5) is 0 Å². The molecule has 0 amide bonds. The first-order chi connectivity index (χ1) is 4.67. The maximum absolute atomic E-state index is 11.1. The molecule has 0 radical (unpaired) electrons. The molecule has 2 N–H and O–H groups in total. The van der Waals surface area contributed by atoms with Gasteiger partial charge in [-0.1, -0.05) is 0 Å².